The van der Waals surface area contributed by atoms with Gasteiger partial charge in [0.25, 0.3) is 0 Å². The van der Waals surface area contributed by atoms with Gasteiger partial charge in [-0.2, -0.15) is 0 Å². The number of rotatable bonds is 12. The Morgan fingerprint density at radius 3 is 2.06 bits per heavy atom. The molecule has 6 nitrogen and oxygen atoms in total. The first-order valence-corrected chi connectivity index (χ1v) is 14.5. The number of alkyl halides is 1. The third kappa shape index (κ3) is 7.42. The van der Waals surface area contributed by atoms with Gasteiger partial charge in [-0.1, -0.05) is 37.0 Å². The van der Waals surface area contributed by atoms with Gasteiger partial charge >= 0.3 is 0 Å². The van der Waals surface area contributed by atoms with E-state index in [2.05, 4.69) is 0 Å². The van der Waals surface area contributed by atoms with E-state index in [0.29, 0.717) is 24.7 Å². The lowest BCUT2D eigenvalue weighted by Gasteiger charge is -2.16. The summed E-state index contributed by atoms with van der Waals surface area (Å²) >= 11 is 18.1. The van der Waals surface area contributed by atoms with Gasteiger partial charge in [-0.15, -0.1) is 11.6 Å². The number of hydrogen-bond donors (Lipinski definition) is 0. The largest absolute Gasteiger partial charge is 0.494 e. The number of sulfone groups is 2. The summed E-state index contributed by atoms with van der Waals surface area (Å²) in [4.78, 5) is -0.0290. The van der Waals surface area contributed by atoms with Crippen LogP contribution in [0.15, 0.2) is 46.2 Å². The van der Waals surface area contributed by atoms with Gasteiger partial charge in [0.05, 0.1) is 38.8 Å². The van der Waals surface area contributed by atoms with E-state index in [1.165, 1.54) is 24.3 Å². The molecule has 32 heavy (non-hydrogen) atoms. The lowest BCUT2D eigenvalue weighted by Crippen LogP contribution is -2.21. The molecular formula is C21H25Cl3O6S2. The highest BCUT2D eigenvalue weighted by molar-refractivity contribution is 7.91. The topological polar surface area (TPSA) is 86.7 Å². The Kier molecular flexibility index (Phi) is 9.97. The molecular weight excluding hydrogens is 519 g/mol. The smallest absolute Gasteiger partial charge is 0.206 e. The van der Waals surface area contributed by atoms with Crippen molar-refractivity contribution in [3.63, 3.8) is 0 Å². The molecule has 0 saturated carbocycles. The van der Waals surface area contributed by atoms with E-state index in [9.17, 15) is 16.8 Å². The maximum Gasteiger partial charge on any atom is 0.206 e. The van der Waals surface area contributed by atoms with Crippen LogP contribution >= 0.6 is 34.8 Å². The van der Waals surface area contributed by atoms with E-state index in [1.54, 1.807) is 26.0 Å². The Morgan fingerprint density at radius 1 is 0.938 bits per heavy atom. The van der Waals surface area contributed by atoms with E-state index >= 15 is 0 Å². The van der Waals surface area contributed by atoms with Crippen LogP contribution in [0.25, 0.3) is 0 Å². The fraction of sp³-hybridized carbons (Fsp3) is 0.429. The first-order valence-electron chi connectivity index (χ1n) is 9.86. The molecule has 2 aromatic carbocycles. The van der Waals surface area contributed by atoms with Crippen LogP contribution in [0.2, 0.25) is 10.0 Å². The van der Waals surface area contributed by atoms with Gasteiger partial charge in [-0.3, -0.25) is 0 Å². The lowest BCUT2D eigenvalue weighted by atomic mass is 10.2. The summed E-state index contributed by atoms with van der Waals surface area (Å²) in [5.41, 5.74) is 0. The standard InChI is InChI=1S/C21H25Cl3O6S2/c1-3-31(25,26)14-15(2)13-30-21-19(23)11-18(12-20(21)24)32(27,28)17-7-5-16(6-8-17)29-10-4-9-22/h5-8,11-12,15H,3-4,9-10,13-14H2,1-2H3. The molecule has 0 N–H and O–H groups in total. The van der Waals surface area contributed by atoms with Crippen LogP contribution < -0.4 is 9.47 Å². The second-order valence-electron chi connectivity index (χ2n) is 7.20. The van der Waals surface area contributed by atoms with Gasteiger partial charge in [0.15, 0.2) is 5.75 Å². The number of hydrogen-bond acceptors (Lipinski definition) is 6. The van der Waals surface area contributed by atoms with Gasteiger partial charge in [0, 0.05) is 17.6 Å². The molecule has 0 heterocycles. The molecule has 0 bridgehead atoms. The maximum atomic E-state index is 13.0. The van der Waals surface area contributed by atoms with Gasteiger partial charge in [0.2, 0.25) is 9.84 Å². The normalized spacial score (nSPS) is 13.0. The third-order valence-corrected chi connectivity index (χ3v) is 8.99. The molecule has 0 aliphatic rings. The van der Waals surface area contributed by atoms with Gasteiger partial charge < -0.3 is 9.47 Å². The molecule has 2 aromatic rings. The third-order valence-electron chi connectivity index (χ3n) is 4.45. The molecule has 0 spiro atoms. The monoisotopic (exact) mass is 542 g/mol. The minimum absolute atomic E-state index is 0.0163. The molecule has 0 aliphatic heterocycles. The van der Waals surface area contributed by atoms with Crippen molar-refractivity contribution in [3.05, 3.63) is 46.4 Å². The molecule has 0 amide bonds. The zero-order valence-corrected chi connectivity index (χ0v) is 21.6. The summed E-state index contributed by atoms with van der Waals surface area (Å²) in [6.45, 7) is 3.82. The van der Waals surface area contributed by atoms with Crippen LogP contribution in [0.5, 0.6) is 11.5 Å². The van der Waals surface area contributed by atoms with Crippen molar-refractivity contribution in [1.29, 1.82) is 0 Å². The van der Waals surface area contributed by atoms with Crippen LogP contribution in [0, 0.1) is 5.92 Å². The highest BCUT2D eigenvalue weighted by Gasteiger charge is 2.22. The summed E-state index contributed by atoms with van der Waals surface area (Å²) in [7, 11) is -7.03. The Morgan fingerprint density at radius 2 is 1.53 bits per heavy atom. The summed E-state index contributed by atoms with van der Waals surface area (Å²) in [5, 5.41) is 0.0327. The fourth-order valence-electron chi connectivity index (χ4n) is 2.75. The Hall–Kier alpha value is -1.19. The Balaban J connectivity index is 2.17. The van der Waals surface area contributed by atoms with Crippen LogP contribution in [0.4, 0.5) is 0 Å². The Bertz CT molecular complexity index is 1090. The SMILES string of the molecule is CCS(=O)(=O)CC(C)COc1c(Cl)cc(S(=O)(=O)c2ccc(OCCCCl)cc2)cc1Cl. The lowest BCUT2D eigenvalue weighted by molar-refractivity contribution is 0.272. The van der Waals surface area contributed by atoms with Crippen molar-refractivity contribution in [3.8, 4) is 11.5 Å². The molecule has 0 radical (unpaired) electrons. The second-order valence-corrected chi connectivity index (χ2v) is 12.7. The van der Waals surface area contributed by atoms with Crippen molar-refractivity contribution in [2.75, 3.05) is 30.6 Å². The van der Waals surface area contributed by atoms with Crippen LogP contribution in [-0.4, -0.2) is 47.4 Å². The number of benzene rings is 2. The average Bonchev–Trinajstić information content (AvgIpc) is 2.73. The predicted octanol–water partition coefficient (Wildman–Crippen LogP) is 5.28. The van der Waals surface area contributed by atoms with Crippen molar-refractivity contribution >= 4 is 54.5 Å². The molecule has 178 valence electrons. The van der Waals surface area contributed by atoms with E-state index in [4.69, 9.17) is 44.3 Å². The van der Waals surface area contributed by atoms with Crippen molar-refractivity contribution < 1.29 is 26.3 Å². The Labute approximate surface area is 204 Å². The molecule has 2 rings (SSSR count). The zero-order valence-electron chi connectivity index (χ0n) is 17.7. The molecule has 11 heteroatoms. The summed E-state index contributed by atoms with van der Waals surface area (Å²) in [6.07, 6.45) is 0.681. The second kappa shape index (κ2) is 11.8. The molecule has 0 saturated heterocycles. The zero-order chi connectivity index (χ0) is 23.9. The number of ether oxygens (including phenoxy) is 2. The van der Waals surface area contributed by atoms with Gasteiger partial charge in [-0.25, -0.2) is 16.8 Å². The number of halogens is 3. The minimum atomic E-state index is -3.88. The van der Waals surface area contributed by atoms with E-state index < -0.39 is 19.7 Å². The first-order chi connectivity index (χ1) is 15.0. The quantitative estimate of drug-likeness (QED) is 0.267. The van der Waals surface area contributed by atoms with E-state index in [0.717, 1.165) is 0 Å². The van der Waals surface area contributed by atoms with Gasteiger partial charge in [0.1, 0.15) is 15.6 Å². The molecule has 0 aromatic heterocycles. The average molecular weight is 544 g/mol. The fourth-order valence-corrected chi connectivity index (χ4v) is 6.10. The van der Waals surface area contributed by atoms with Gasteiger partial charge in [-0.05, 0) is 42.8 Å². The van der Waals surface area contributed by atoms with Crippen molar-refractivity contribution in [2.45, 2.75) is 30.1 Å². The summed E-state index contributed by atoms with van der Waals surface area (Å²) in [5.74, 6) is 0.845. The van der Waals surface area contributed by atoms with Crippen LogP contribution in [0.1, 0.15) is 20.3 Å². The van der Waals surface area contributed by atoms with Crippen molar-refractivity contribution in [2.24, 2.45) is 5.92 Å². The molecule has 0 aliphatic carbocycles. The minimum Gasteiger partial charge on any atom is -0.494 e. The summed E-state index contributed by atoms with van der Waals surface area (Å²) in [6, 6.07) is 8.52. The molecule has 1 atom stereocenters. The van der Waals surface area contributed by atoms with E-state index in [-0.39, 0.29) is 49.6 Å². The molecule has 0 fully saturated rings. The summed E-state index contributed by atoms with van der Waals surface area (Å²) < 4.78 is 60.6. The van der Waals surface area contributed by atoms with Crippen LogP contribution in [-0.2, 0) is 19.7 Å². The van der Waals surface area contributed by atoms with Crippen molar-refractivity contribution in [1.82, 2.24) is 0 Å². The predicted molar refractivity (Wildman–Crippen MR) is 128 cm³/mol. The molecule has 1 unspecified atom stereocenters. The van der Waals surface area contributed by atoms with E-state index in [1.807, 2.05) is 0 Å². The highest BCUT2D eigenvalue weighted by Crippen LogP contribution is 2.37. The maximum absolute atomic E-state index is 13.0. The first kappa shape index (κ1) is 27.1. The van der Waals surface area contributed by atoms with Crippen LogP contribution in [0.3, 0.4) is 0 Å². The highest BCUT2D eigenvalue weighted by atomic mass is 35.5.